The number of fused-ring (bicyclic) bond motifs is 1. The van der Waals surface area contributed by atoms with E-state index in [0.29, 0.717) is 29.6 Å². The maximum absolute atomic E-state index is 11.9. The zero-order valence-corrected chi connectivity index (χ0v) is 21.2. The molecule has 36 heavy (non-hydrogen) atoms. The van der Waals surface area contributed by atoms with E-state index in [1.165, 1.54) is 13.2 Å². The van der Waals surface area contributed by atoms with Crippen LogP contribution in [0.3, 0.4) is 0 Å². The lowest BCUT2D eigenvalue weighted by atomic mass is 10.1. The topological polar surface area (TPSA) is 102 Å². The zero-order chi connectivity index (χ0) is 25.8. The summed E-state index contributed by atoms with van der Waals surface area (Å²) < 4.78 is 7.64. The van der Waals surface area contributed by atoms with Crippen molar-refractivity contribution in [2.45, 2.75) is 6.42 Å². The van der Waals surface area contributed by atoms with Gasteiger partial charge in [-0.1, -0.05) is 18.2 Å². The minimum atomic E-state index is -0.379. The summed E-state index contributed by atoms with van der Waals surface area (Å²) in [6, 6.07) is 13.1. The SMILES string of the molecule is COc1cc(N(C)CCCN(C)C)c([N+](=O)[O-])cc1Nc1nccc(-c2cn(C)c3ccccc23)n1. The summed E-state index contributed by atoms with van der Waals surface area (Å²) in [4.78, 5) is 24.6. The molecule has 4 aromatic rings. The van der Waals surface area contributed by atoms with Crippen LogP contribution in [0, 0.1) is 10.1 Å². The van der Waals surface area contributed by atoms with Crippen LogP contribution in [0.5, 0.6) is 5.75 Å². The number of anilines is 3. The molecule has 0 fully saturated rings. The van der Waals surface area contributed by atoms with Crippen molar-refractivity contribution >= 4 is 33.9 Å². The normalized spacial score (nSPS) is 11.2. The Kier molecular flexibility index (Phi) is 7.35. The standard InChI is InChI=1S/C26H31N7O3/c1-30(2)13-8-14-31(3)23-16-25(36-5)21(15-24(23)33(34)35)29-26-27-12-11-20(28-26)19-17-32(4)22-10-7-6-9-18(19)22/h6-7,9-12,15-17H,8,13-14H2,1-5H3,(H,27,28,29). The molecule has 0 aliphatic carbocycles. The molecule has 10 heteroatoms. The fourth-order valence-electron chi connectivity index (χ4n) is 4.26. The summed E-state index contributed by atoms with van der Waals surface area (Å²) in [6.45, 7) is 1.56. The summed E-state index contributed by atoms with van der Waals surface area (Å²) >= 11 is 0. The van der Waals surface area contributed by atoms with Gasteiger partial charge in [-0.2, -0.15) is 0 Å². The van der Waals surface area contributed by atoms with Gasteiger partial charge in [-0.25, -0.2) is 9.97 Å². The fraction of sp³-hybridized carbons (Fsp3) is 0.308. The van der Waals surface area contributed by atoms with Gasteiger partial charge < -0.3 is 24.4 Å². The van der Waals surface area contributed by atoms with E-state index in [-0.39, 0.29) is 10.6 Å². The van der Waals surface area contributed by atoms with E-state index in [2.05, 4.69) is 31.9 Å². The Labute approximate surface area is 210 Å². The molecule has 0 bridgehead atoms. The number of nitrogens with one attached hydrogen (secondary N) is 1. The Morgan fingerprint density at radius 2 is 1.92 bits per heavy atom. The number of nitro groups is 1. The molecular formula is C26H31N7O3. The third-order valence-electron chi connectivity index (χ3n) is 6.08. The summed E-state index contributed by atoms with van der Waals surface area (Å²) in [5, 5.41) is 16.2. The number of hydrogen-bond donors (Lipinski definition) is 1. The largest absolute Gasteiger partial charge is 0.494 e. The first-order valence-corrected chi connectivity index (χ1v) is 11.6. The molecule has 4 rings (SSSR count). The molecule has 0 saturated carbocycles. The summed E-state index contributed by atoms with van der Waals surface area (Å²) in [6.07, 6.45) is 4.57. The lowest BCUT2D eigenvalue weighted by Gasteiger charge is -2.22. The van der Waals surface area contributed by atoms with Crippen molar-refractivity contribution in [1.82, 2.24) is 19.4 Å². The van der Waals surface area contributed by atoms with Crippen LogP contribution in [-0.4, -0.2) is 65.7 Å². The third kappa shape index (κ3) is 5.23. The molecule has 0 aliphatic rings. The number of aryl methyl sites for hydroxylation is 1. The molecule has 0 unspecified atom stereocenters. The minimum Gasteiger partial charge on any atom is -0.494 e. The average molecular weight is 490 g/mol. The van der Waals surface area contributed by atoms with Crippen molar-refractivity contribution in [3.63, 3.8) is 0 Å². The van der Waals surface area contributed by atoms with Crippen molar-refractivity contribution in [1.29, 1.82) is 0 Å². The first kappa shape index (κ1) is 24.9. The average Bonchev–Trinajstić information content (AvgIpc) is 3.20. The van der Waals surface area contributed by atoms with Gasteiger partial charge in [0, 0.05) is 61.6 Å². The van der Waals surface area contributed by atoms with Crippen molar-refractivity contribution in [3.05, 3.63) is 65.0 Å². The van der Waals surface area contributed by atoms with Gasteiger partial charge in [-0.05, 0) is 39.2 Å². The number of para-hydroxylation sites is 1. The van der Waals surface area contributed by atoms with Gasteiger partial charge in [0.25, 0.3) is 5.69 Å². The monoisotopic (exact) mass is 489 g/mol. The Morgan fingerprint density at radius 1 is 1.14 bits per heavy atom. The molecule has 0 aliphatic heterocycles. The number of benzene rings is 2. The Balaban J connectivity index is 1.66. The molecule has 0 atom stereocenters. The fourth-order valence-corrected chi connectivity index (χ4v) is 4.26. The van der Waals surface area contributed by atoms with Crippen LogP contribution in [0.25, 0.3) is 22.2 Å². The van der Waals surface area contributed by atoms with E-state index in [4.69, 9.17) is 9.72 Å². The minimum absolute atomic E-state index is 0.0177. The van der Waals surface area contributed by atoms with Crippen LogP contribution in [0.4, 0.5) is 23.0 Å². The van der Waals surface area contributed by atoms with Gasteiger partial charge >= 0.3 is 0 Å². The molecule has 2 aromatic heterocycles. The Bertz CT molecular complexity index is 1380. The quantitative estimate of drug-likeness (QED) is 0.253. The summed E-state index contributed by atoms with van der Waals surface area (Å²) in [5.41, 5.74) is 3.72. The van der Waals surface area contributed by atoms with Crippen molar-refractivity contribution in [2.75, 3.05) is 51.6 Å². The summed E-state index contributed by atoms with van der Waals surface area (Å²) in [7, 11) is 9.39. The number of rotatable bonds is 10. The second kappa shape index (κ2) is 10.6. The Hall–Kier alpha value is -4.18. The predicted octanol–water partition coefficient (Wildman–Crippen LogP) is 4.68. The zero-order valence-electron chi connectivity index (χ0n) is 21.2. The number of ether oxygens (including phenoxy) is 1. The van der Waals surface area contributed by atoms with E-state index >= 15 is 0 Å². The lowest BCUT2D eigenvalue weighted by Crippen LogP contribution is -2.24. The Morgan fingerprint density at radius 3 is 2.64 bits per heavy atom. The predicted molar refractivity (Wildman–Crippen MR) is 143 cm³/mol. The molecule has 0 spiro atoms. The van der Waals surface area contributed by atoms with Crippen LogP contribution < -0.4 is 15.0 Å². The van der Waals surface area contributed by atoms with Gasteiger partial charge in [0.05, 0.1) is 23.4 Å². The molecule has 0 amide bonds. The molecule has 188 valence electrons. The van der Waals surface area contributed by atoms with Gasteiger partial charge in [0.15, 0.2) is 0 Å². The van der Waals surface area contributed by atoms with Crippen LogP contribution in [0.1, 0.15) is 6.42 Å². The lowest BCUT2D eigenvalue weighted by molar-refractivity contribution is -0.384. The van der Waals surface area contributed by atoms with Gasteiger partial charge in [-0.3, -0.25) is 10.1 Å². The highest BCUT2D eigenvalue weighted by Gasteiger charge is 2.22. The molecule has 1 N–H and O–H groups in total. The van der Waals surface area contributed by atoms with Gasteiger partial charge in [0.1, 0.15) is 11.4 Å². The molecule has 2 heterocycles. The second-order valence-corrected chi connectivity index (χ2v) is 8.94. The highest BCUT2D eigenvalue weighted by atomic mass is 16.6. The van der Waals surface area contributed by atoms with Crippen LogP contribution in [-0.2, 0) is 7.05 Å². The van der Waals surface area contributed by atoms with Crippen LogP contribution >= 0.6 is 0 Å². The smallest absolute Gasteiger partial charge is 0.294 e. The van der Waals surface area contributed by atoms with Crippen molar-refractivity contribution < 1.29 is 9.66 Å². The van der Waals surface area contributed by atoms with E-state index in [1.54, 1.807) is 12.3 Å². The van der Waals surface area contributed by atoms with Gasteiger partial charge in [0.2, 0.25) is 5.95 Å². The number of nitrogens with zero attached hydrogens (tertiary/aromatic N) is 6. The highest BCUT2D eigenvalue weighted by molar-refractivity contribution is 5.95. The van der Waals surface area contributed by atoms with Crippen molar-refractivity contribution in [2.24, 2.45) is 7.05 Å². The van der Waals surface area contributed by atoms with Crippen LogP contribution in [0.15, 0.2) is 54.9 Å². The van der Waals surface area contributed by atoms with E-state index < -0.39 is 0 Å². The number of hydrogen-bond acceptors (Lipinski definition) is 8. The number of methoxy groups -OCH3 is 1. The van der Waals surface area contributed by atoms with Crippen molar-refractivity contribution in [3.8, 4) is 17.0 Å². The van der Waals surface area contributed by atoms with E-state index in [1.807, 2.05) is 57.5 Å². The maximum Gasteiger partial charge on any atom is 0.294 e. The number of aromatic nitrogens is 3. The molecule has 2 aromatic carbocycles. The molecule has 0 radical (unpaired) electrons. The van der Waals surface area contributed by atoms with E-state index in [0.717, 1.165) is 35.1 Å². The molecule has 0 saturated heterocycles. The molecular weight excluding hydrogens is 458 g/mol. The molecule has 10 nitrogen and oxygen atoms in total. The van der Waals surface area contributed by atoms with Gasteiger partial charge in [-0.15, -0.1) is 0 Å². The number of nitro benzene ring substituents is 1. The first-order valence-electron chi connectivity index (χ1n) is 11.6. The second-order valence-electron chi connectivity index (χ2n) is 8.94. The van der Waals surface area contributed by atoms with E-state index in [9.17, 15) is 10.1 Å². The summed E-state index contributed by atoms with van der Waals surface area (Å²) in [5.74, 6) is 0.786. The highest BCUT2D eigenvalue weighted by Crippen LogP contribution is 2.39. The maximum atomic E-state index is 11.9. The van der Waals surface area contributed by atoms with Crippen LogP contribution in [0.2, 0.25) is 0 Å². The first-order chi connectivity index (χ1) is 17.3. The third-order valence-corrected chi connectivity index (χ3v) is 6.08.